The molecule has 1 saturated heterocycles. The van der Waals surface area contributed by atoms with E-state index in [1.54, 1.807) is 19.0 Å². The van der Waals surface area contributed by atoms with E-state index in [9.17, 15) is 9.90 Å². The number of hydrogen-bond donors (Lipinski definition) is 1. The summed E-state index contributed by atoms with van der Waals surface area (Å²) in [6.45, 7) is 1.26. The molecule has 0 aromatic heterocycles. The van der Waals surface area contributed by atoms with E-state index in [-0.39, 0.29) is 12.1 Å². The summed E-state index contributed by atoms with van der Waals surface area (Å²) in [7, 11) is 3.45. The van der Waals surface area contributed by atoms with Crippen molar-refractivity contribution < 1.29 is 9.90 Å². The molecule has 4 nitrogen and oxygen atoms in total. The Morgan fingerprint density at radius 1 is 1.58 bits per heavy atom. The predicted octanol–water partition coefficient (Wildman–Crippen LogP) is 0.125. The molecule has 2 amide bonds. The molecule has 1 fully saturated rings. The second kappa shape index (κ2) is 3.76. The quantitative estimate of drug-likeness (QED) is 0.564. The average Bonchev–Trinajstić information content (AvgIpc) is 2.03. The molecule has 0 aliphatic carbocycles. The van der Waals surface area contributed by atoms with E-state index >= 15 is 0 Å². The third kappa shape index (κ3) is 2.11. The Labute approximate surface area is 72.8 Å². The molecule has 1 atom stereocenters. The van der Waals surface area contributed by atoms with Gasteiger partial charge in [0.15, 0.2) is 0 Å². The second-order valence-corrected chi connectivity index (χ2v) is 3.42. The Balaban J connectivity index is 2.46. The first-order chi connectivity index (χ1) is 5.61. The number of β-amino-alcohol motifs (C(OH)–C–C–N with tert-alkyl or cyclic N) is 1. The largest absolute Gasteiger partial charge is 0.391 e. The summed E-state index contributed by atoms with van der Waals surface area (Å²) in [6, 6.07) is -0.00579. The fraction of sp³-hybridized carbons (Fsp3) is 0.875. The van der Waals surface area contributed by atoms with E-state index in [0.717, 1.165) is 19.4 Å². The Morgan fingerprint density at radius 2 is 2.25 bits per heavy atom. The SMILES string of the molecule is CN(C)C(=O)N1CCC[C@H](O)C1. The normalized spacial score (nSPS) is 23.9. The summed E-state index contributed by atoms with van der Waals surface area (Å²) in [5.74, 6) is 0. The van der Waals surface area contributed by atoms with Gasteiger partial charge in [0.05, 0.1) is 6.10 Å². The lowest BCUT2D eigenvalue weighted by molar-refractivity contribution is 0.0762. The highest BCUT2D eigenvalue weighted by Crippen LogP contribution is 2.10. The minimum absolute atomic E-state index is 0.00579. The molecule has 0 bridgehead atoms. The topological polar surface area (TPSA) is 43.8 Å². The van der Waals surface area contributed by atoms with Gasteiger partial charge in [-0.1, -0.05) is 0 Å². The predicted molar refractivity (Wildman–Crippen MR) is 45.9 cm³/mol. The molecular weight excluding hydrogens is 156 g/mol. The zero-order valence-corrected chi connectivity index (χ0v) is 7.66. The fourth-order valence-corrected chi connectivity index (χ4v) is 1.41. The van der Waals surface area contributed by atoms with E-state index in [1.165, 1.54) is 4.90 Å². The summed E-state index contributed by atoms with van der Waals surface area (Å²) >= 11 is 0. The van der Waals surface area contributed by atoms with Crippen molar-refractivity contribution >= 4 is 6.03 Å². The van der Waals surface area contributed by atoms with Crippen LogP contribution in [-0.2, 0) is 0 Å². The first-order valence-corrected chi connectivity index (χ1v) is 4.25. The molecule has 70 valence electrons. The lowest BCUT2D eigenvalue weighted by Gasteiger charge is -2.32. The monoisotopic (exact) mass is 172 g/mol. The highest BCUT2D eigenvalue weighted by molar-refractivity contribution is 5.73. The van der Waals surface area contributed by atoms with Crippen molar-refractivity contribution in [3.05, 3.63) is 0 Å². The molecule has 0 spiro atoms. The number of urea groups is 1. The minimum Gasteiger partial charge on any atom is -0.391 e. The van der Waals surface area contributed by atoms with Gasteiger partial charge in [-0.15, -0.1) is 0 Å². The van der Waals surface area contributed by atoms with Crippen LogP contribution in [0.25, 0.3) is 0 Å². The van der Waals surface area contributed by atoms with Crippen molar-refractivity contribution in [1.82, 2.24) is 9.80 Å². The second-order valence-electron chi connectivity index (χ2n) is 3.42. The third-order valence-corrected chi connectivity index (χ3v) is 2.05. The molecule has 12 heavy (non-hydrogen) atoms. The number of amides is 2. The first kappa shape index (κ1) is 9.32. The maximum absolute atomic E-state index is 11.4. The molecule has 4 heteroatoms. The summed E-state index contributed by atoms with van der Waals surface area (Å²) < 4.78 is 0. The van der Waals surface area contributed by atoms with Gasteiger partial charge in [0.25, 0.3) is 0 Å². The maximum atomic E-state index is 11.4. The number of likely N-dealkylation sites (tertiary alicyclic amines) is 1. The molecule has 1 rings (SSSR count). The minimum atomic E-state index is -0.331. The highest BCUT2D eigenvalue weighted by Gasteiger charge is 2.22. The van der Waals surface area contributed by atoms with E-state index in [4.69, 9.17) is 0 Å². The summed E-state index contributed by atoms with van der Waals surface area (Å²) in [5, 5.41) is 9.30. The van der Waals surface area contributed by atoms with Gasteiger partial charge in [-0.3, -0.25) is 0 Å². The number of piperidine rings is 1. The number of aliphatic hydroxyl groups is 1. The van der Waals surface area contributed by atoms with E-state index in [1.807, 2.05) is 0 Å². The summed E-state index contributed by atoms with van der Waals surface area (Å²) in [4.78, 5) is 14.6. The van der Waals surface area contributed by atoms with Crippen LogP contribution in [0.5, 0.6) is 0 Å². The molecule has 0 saturated carbocycles. The smallest absolute Gasteiger partial charge is 0.319 e. The number of nitrogens with zero attached hydrogens (tertiary/aromatic N) is 2. The molecule has 0 unspecified atom stereocenters. The Bertz CT molecular complexity index is 170. The van der Waals surface area contributed by atoms with Gasteiger partial charge in [-0.25, -0.2) is 4.79 Å². The Hall–Kier alpha value is -0.770. The first-order valence-electron chi connectivity index (χ1n) is 4.25. The van der Waals surface area contributed by atoms with Crippen LogP contribution in [0.3, 0.4) is 0 Å². The average molecular weight is 172 g/mol. The van der Waals surface area contributed by atoms with E-state index in [2.05, 4.69) is 0 Å². The lowest BCUT2D eigenvalue weighted by atomic mass is 10.1. The molecule has 1 N–H and O–H groups in total. The van der Waals surface area contributed by atoms with Gasteiger partial charge in [-0.05, 0) is 12.8 Å². The zero-order valence-electron chi connectivity index (χ0n) is 7.66. The van der Waals surface area contributed by atoms with Crippen molar-refractivity contribution in [2.24, 2.45) is 0 Å². The van der Waals surface area contributed by atoms with Gasteiger partial charge in [0.2, 0.25) is 0 Å². The number of rotatable bonds is 0. The number of carbonyl (C=O) groups excluding carboxylic acids is 1. The van der Waals surface area contributed by atoms with Crippen LogP contribution < -0.4 is 0 Å². The Kier molecular flexibility index (Phi) is 2.92. The Morgan fingerprint density at radius 3 is 2.75 bits per heavy atom. The molecule has 1 aliphatic heterocycles. The van der Waals surface area contributed by atoms with Crippen LogP contribution in [0, 0.1) is 0 Å². The number of hydrogen-bond acceptors (Lipinski definition) is 2. The van der Waals surface area contributed by atoms with Crippen molar-refractivity contribution in [3.8, 4) is 0 Å². The van der Waals surface area contributed by atoms with Crippen molar-refractivity contribution in [3.63, 3.8) is 0 Å². The van der Waals surface area contributed by atoms with Crippen molar-refractivity contribution in [2.45, 2.75) is 18.9 Å². The van der Waals surface area contributed by atoms with Crippen LogP contribution >= 0.6 is 0 Å². The molecular formula is C8H16N2O2. The van der Waals surface area contributed by atoms with Crippen LogP contribution in [0.4, 0.5) is 4.79 Å². The van der Waals surface area contributed by atoms with Gasteiger partial charge in [-0.2, -0.15) is 0 Å². The third-order valence-electron chi connectivity index (χ3n) is 2.05. The van der Waals surface area contributed by atoms with Gasteiger partial charge in [0.1, 0.15) is 0 Å². The zero-order chi connectivity index (χ0) is 9.14. The maximum Gasteiger partial charge on any atom is 0.319 e. The van der Waals surface area contributed by atoms with Crippen molar-refractivity contribution in [2.75, 3.05) is 27.2 Å². The highest BCUT2D eigenvalue weighted by atomic mass is 16.3. The number of carbonyl (C=O) groups is 1. The van der Waals surface area contributed by atoms with Crippen LogP contribution in [-0.4, -0.2) is 54.2 Å². The van der Waals surface area contributed by atoms with Gasteiger partial charge in [0, 0.05) is 27.2 Å². The molecule has 0 aromatic carbocycles. The number of aliphatic hydroxyl groups excluding tert-OH is 1. The summed E-state index contributed by atoms with van der Waals surface area (Å²) in [5.41, 5.74) is 0. The van der Waals surface area contributed by atoms with E-state index < -0.39 is 0 Å². The van der Waals surface area contributed by atoms with Crippen LogP contribution in [0.1, 0.15) is 12.8 Å². The fourth-order valence-electron chi connectivity index (χ4n) is 1.41. The standard InChI is InChI=1S/C8H16N2O2/c1-9(2)8(12)10-5-3-4-7(11)6-10/h7,11H,3-6H2,1-2H3/t7-/m0/s1. The molecule has 1 heterocycles. The van der Waals surface area contributed by atoms with Gasteiger partial charge < -0.3 is 14.9 Å². The van der Waals surface area contributed by atoms with Crippen molar-refractivity contribution in [1.29, 1.82) is 0 Å². The van der Waals surface area contributed by atoms with Gasteiger partial charge >= 0.3 is 6.03 Å². The lowest BCUT2D eigenvalue weighted by Crippen LogP contribution is -2.46. The van der Waals surface area contributed by atoms with Crippen LogP contribution in [0.15, 0.2) is 0 Å². The summed E-state index contributed by atoms with van der Waals surface area (Å²) in [6.07, 6.45) is 1.39. The van der Waals surface area contributed by atoms with Crippen LogP contribution in [0.2, 0.25) is 0 Å². The molecule has 1 aliphatic rings. The molecule has 0 aromatic rings. The van der Waals surface area contributed by atoms with E-state index in [0.29, 0.717) is 6.54 Å². The molecule has 0 radical (unpaired) electrons.